The summed E-state index contributed by atoms with van der Waals surface area (Å²) in [4.78, 5) is 0. The molecule has 0 aromatic heterocycles. The molecular formula is C8H14Ru. The first-order valence-electron chi connectivity index (χ1n) is 2.41. The molecule has 0 aromatic carbocycles. The molecule has 0 N–H and O–H groups in total. The molecule has 0 amide bonds. The molecule has 0 saturated heterocycles. The van der Waals surface area contributed by atoms with Crippen LogP contribution in [0.4, 0.5) is 0 Å². The normalized spacial score (nSPS) is 5.56. The number of hydrogen-bond donors (Lipinski definition) is 0. The Bertz CT molecular complexity index is 62.6. The summed E-state index contributed by atoms with van der Waals surface area (Å²) in [6.45, 7) is 17.5. The number of hydrogen-bond acceptors (Lipinski definition) is 0. The third-order valence-electron chi connectivity index (χ3n) is 0. The zero-order valence-electron chi connectivity index (χ0n) is 6.18. The van der Waals surface area contributed by atoms with Gasteiger partial charge in [-0.05, 0) is 0 Å². The van der Waals surface area contributed by atoms with Crippen LogP contribution in [0.25, 0.3) is 0 Å². The molecule has 0 spiro atoms. The average Bonchev–Trinajstić information content (AvgIpc) is 1.25. The molecule has 1 heteroatoms. The largest absolute Gasteiger partial charge is 2.00 e. The monoisotopic (exact) mass is 212 g/mol. The quantitative estimate of drug-likeness (QED) is 0.427. The van der Waals surface area contributed by atoms with Gasteiger partial charge in [-0.25, -0.2) is 38.2 Å². The Morgan fingerprint density at radius 3 is 1.00 bits per heavy atom. The molecular weight excluding hydrogens is 197 g/mol. The summed E-state index contributed by atoms with van der Waals surface area (Å²) in [5.74, 6) is 0. The van der Waals surface area contributed by atoms with E-state index in [1.807, 2.05) is 13.8 Å². The molecule has 0 fully saturated rings. The molecule has 0 aliphatic carbocycles. The molecule has 54 valence electrons. The van der Waals surface area contributed by atoms with Gasteiger partial charge in [0.05, 0.1) is 0 Å². The van der Waals surface area contributed by atoms with Gasteiger partial charge in [-0.1, -0.05) is 13.8 Å². The maximum Gasteiger partial charge on any atom is 2.00 e. The van der Waals surface area contributed by atoms with Crippen molar-refractivity contribution in [1.82, 2.24) is 0 Å². The second-order valence-corrected chi connectivity index (χ2v) is 1.91. The SMILES string of the molecule is C=C([CH2-])C.C=C([CH2-])C.[Ru+2]. The molecule has 0 aromatic rings. The van der Waals surface area contributed by atoms with Crippen molar-refractivity contribution in [3.05, 3.63) is 38.2 Å². The predicted molar refractivity (Wildman–Crippen MR) is 40.3 cm³/mol. The Morgan fingerprint density at radius 1 is 1.00 bits per heavy atom. The van der Waals surface area contributed by atoms with Crippen molar-refractivity contribution in [3.63, 3.8) is 0 Å². The summed E-state index contributed by atoms with van der Waals surface area (Å²) in [6.07, 6.45) is 0. The van der Waals surface area contributed by atoms with Gasteiger partial charge in [-0.2, -0.15) is 0 Å². The minimum atomic E-state index is 0. The van der Waals surface area contributed by atoms with Gasteiger partial charge in [-0.15, -0.1) is 0 Å². The maximum atomic E-state index is 3.44. The van der Waals surface area contributed by atoms with Gasteiger partial charge < -0.3 is 0 Å². The Morgan fingerprint density at radius 2 is 1.00 bits per heavy atom. The van der Waals surface area contributed by atoms with E-state index >= 15 is 0 Å². The van der Waals surface area contributed by atoms with Crippen molar-refractivity contribution in [1.29, 1.82) is 0 Å². The van der Waals surface area contributed by atoms with Crippen LogP contribution in [0.5, 0.6) is 0 Å². The third kappa shape index (κ3) is 10900. The van der Waals surface area contributed by atoms with Crippen molar-refractivity contribution in [3.8, 4) is 0 Å². The Balaban J connectivity index is -0.0000000720. The predicted octanol–water partition coefficient (Wildman–Crippen LogP) is 2.79. The van der Waals surface area contributed by atoms with Crippen molar-refractivity contribution < 1.29 is 19.5 Å². The van der Waals surface area contributed by atoms with Gasteiger partial charge >= 0.3 is 19.5 Å². The maximum absolute atomic E-state index is 3.44. The van der Waals surface area contributed by atoms with E-state index in [2.05, 4.69) is 27.0 Å². The van der Waals surface area contributed by atoms with Crippen LogP contribution in [0, 0.1) is 13.8 Å². The van der Waals surface area contributed by atoms with E-state index in [9.17, 15) is 0 Å². The van der Waals surface area contributed by atoms with E-state index in [4.69, 9.17) is 0 Å². The van der Waals surface area contributed by atoms with E-state index in [1.165, 1.54) is 0 Å². The van der Waals surface area contributed by atoms with Crippen LogP contribution in [0.15, 0.2) is 24.3 Å². The van der Waals surface area contributed by atoms with Crippen molar-refractivity contribution in [2.45, 2.75) is 13.8 Å². The fourth-order valence-electron chi connectivity index (χ4n) is 0. The number of rotatable bonds is 0. The summed E-state index contributed by atoms with van der Waals surface area (Å²) in [6, 6.07) is 0. The molecule has 0 rings (SSSR count). The van der Waals surface area contributed by atoms with Gasteiger partial charge in [0.1, 0.15) is 0 Å². The number of allylic oxidation sites excluding steroid dienone is 2. The second-order valence-electron chi connectivity index (χ2n) is 1.91. The Labute approximate surface area is 71.8 Å². The van der Waals surface area contributed by atoms with Gasteiger partial charge in [0.25, 0.3) is 0 Å². The topological polar surface area (TPSA) is 0 Å². The molecule has 0 aliphatic rings. The van der Waals surface area contributed by atoms with Gasteiger partial charge in [0.15, 0.2) is 0 Å². The summed E-state index contributed by atoms with van der Waals surface area (Å²) < 4.78 is 0. The first kappa shape index (κ1) is 15.9. The van der Waals surface area contributed by atoms with Gasteiger partial charge in [0.2, 0.25) is 0 Å². The summed E-state index contributed by atoms with van der Waals surface area (Å²) >= 11 is 0. The van der Waals surface area contributed by atoms with Crippen LogP contribution in [0.3, 0.4) is 0 Å². The van der Waals surface area contributed by atoms with Gasteiger partial charge in [-0.3, -0.25) is 0 Å². The molecule has 0 radical (unpaired) electrons. The molecule has 0 atom stereocenters. The molecule has 0 aliphatic heterocycles. The molecule has 0 bridgehead atoms. The standard InChI is InChI=1S/2C4H7.Ru/c2*1-4(2)3;/h2*1-2H2,3H3;/q2*-1;+2. The van der Waals surface area contributed by atoms with E-state index in [1.54, 1.807) is 0 Å². The van der Waals surface area contributed by atoms with Gasteiger partial charge in [0, 0.05) is 0 Å². The van der Waals surface area contributed by atoms with Crippen LogP contribution < -0.4 is 0 Å². The third-order valence-corrected chi connectivity index (χ3v) is 0. The van der Waals surface area contributed by atoms with E-state index in [0.29, 0.717) is 0 Å². The average molecular weight is 211 g/mol. The zero-order valence-corrected chi connectivity index (χ0v) is 7.92. The smallest absolute Gasteiger partial charge is 0.242 e. The van der Waals surface area contributed by atoms with E-state index in [-0.39, 0.29) is 19.5 Å². The van der Waals surface area contributed by atoms with Crippen molar-refractivity contribution >= 4 is 0 Å². The minimum absolute atomic E-state index is 0. The molecule has 0 saturated carbocycles. The van der Waals surface area contributed by atoms with Crippen LogP contribution in [-0.4, -0.2) is 0 Å². The van der Waals surface area contributed by atoms with Crippen molar-refractivity contribution in [2.75, 3.05) is 0 Å². The molecule has 0 heterocycles. The van der Waals surface area contributed by atoms with Crippen LogP contribution >= 0.6 is 0 Å². The Hall–Kier alpha value is -0.157. The molecule has 9 heavy (non-hydrogen) atoms. The fraction of sp³-hybridized carbons (Fsp3) is 0.250. The molecule has 0 nitrogen and oxygen atoms in total. The Kier molecular flexibility index (Phi) is 19.0. The minimum Gasteiger partial charge on any atom is -0.242 e. The fourth-order valence-corrected chi connectivity index (χ4v) is 0. The van der Waals surface area contributed by atoms with Crippen LogP contribution in [0.1, 0.15) is 13.8 Å². The summed E-state index contributed by atoms with van der Waals surface area (Å²) in [5, 5.41) is 0. The first-order valence-corrected chi connectivity index (χ1v) is 2.41. The zero-order chi connectivity index (χ0) is 7.15. The molecule has 0 unspecified atom stereocenters. The second kappa shape index (κ2) is 10.8. The van der Waals surface area contributed by atoms with E-state index < -0.39 is 0 Å². The van der Waals surface area contributed by atoms with Crippen LogP contribution in [0.2, 0.25) is 0 Å². The summed E-state index contributed by atoms with van der Waals surface area (Å²) in [7, 11) is 0. The van der Waals surface area contributed by atoms with Crippen LogP contribution in [-0.2, 0) is 19.5 Å². The first-order chi connectivity index (χ1) is 3.46. The van der Waals surface area contributed by atoms with Crippen molar-refractivity contribution in [2.24, 2.45) is 0 Å². The summed E-state index contributed by atoms with van der Waals surface area (Å²) in [5.41, 5.74) is 1.83. The van der Waals surface area contributed by atoms with E-state index in [0.717, 1.165) is 11.1 Å².